The zero-order valence-electron chi connectivity index (χ0n) is 10.8. The fourth-order valence-corrected chi connectivity index (χ4v) is 4.15. The number of carbonyl (C=O) groups excluding carboxylic acids is 1. The summed E-state index contributed by atoms with van der Waals surface area (Å²) in [4.78, 5) is 14.6. The highest BCUT2D eigenvalue weighted by Crippen LogP contribution is 2.49. The van der Waals surface area contributed by atoms with Crippen molar-refractivity contribution in [2.24, 2.45) is 29.4 Å². The van der Waals surface area contributed by atoms with Gasteiger partial charge in [0.1, 0.15) is 0 Å². The molecule has 3 aliphatic rings. The molecule has 2 aliphatic carbocycles. The predicted molar refractivity (Wildman–Crippen MR) is 67.3 cm³/mol. The molecule has 0 radical (unpaired) electrons. The Morgan fingerprint density at radius 1 is 1.24 bits per heavy atom. The number of rotatable bonds is 1. The monoisotopic (exact) mass is 236 g/mol. The second-order valence-electron chi connectivity index (χ2n) is 6.50. The van der Waals surface area contributed by atoms with Crippen molar-refractivity contribution in [3.05, 3.63) is 0 Å². The Balaban J connectivity index is 1.63. The minimum atomic E-state index is 0.291. The van der Waals surface area contributed by atoms with Crippen molar-refractivity contribution in [3.8, 4) is 0 Å². The highest BCUT2D eigenvalue weighted by molar-refractivity contribution is 5.79. The number of nitrogens with zero attached hydrogens (tertiary/aromatic N) is 1. The normalized spacial score (nSPS) is 45.3. The van der Waals surface area contributed by atoms with Crippen LogP contribution in [0.5, 0.6) is 0 Å². The number of hydrogen-bond donors (Lipinski definition) is 1. The Morgan fingerprint density at radius 3 is 2.65 bits per heavy atom. The molecule has 0 spiro atoms. The molecule has 3 fully saturated rings. The zero-order valence-corrected chi connectivity index (χ0v) is 10.8. The summed E-state index contributed by atoms with van der Waals surface area (Å²) in [7, 11) is 0. The summed E-state index contributed by atoms with van der Waals surface area (Å²) in [6.45, 7) is 3.94. The number of amides is 1. The van der Waals surface area contributed by atoms with E-state index in [1.807, 2.05) is 0 Å². The maximum absolute atomic E-state index is 12.5. The summed E-state index contributed by atoms with van der Waals surface area (Å²) in [5, 5.41) is 0. The molecule has 5 atom stereocenters. The maximum Gasteiger partial charge on any atom is 0.225 e. The van der Waals surface area contributed by atoms with Crippen LogP contribution in [0.15, 0.2) is 0 Å². The van der Waals surface area contributed by atoms with Crippen LogP contribution in [0.1, 0.15) is 39.0 Å². The lowest BCUT2D eigenvalue weighted by atomic mass is 9.86. The average molecular weight is 236 g/mol. The van der Waals surface area contributed by atoms with Gasteiger partial charge in [-0.25, -0.2) is 0 Å². The zero-order chi connectivity index (χ0) is 12.0. The largest absolute Gasteiger partial charge is 0.342 e. The van der Waals surface area contributed by atoms with Gasteiger partial charge in [0.25, 0.3) is 0 Å². The Hall–Kier alpha value is -0.570. The molecule has 0 aromatic heterocycles. The van der Waals surface area contributed by atoms with Crippen LogP contribution < -0.4 is 5.73 Å². The summed E-state index contributed by atoms with van der Waals surface area (Å²) >= 11 is 0. The molecule has 1 aliphatic heterocycles. The van der Waals surface area contributed by atoms with Crippen LogP contribution in [0.3, 0.4) is 0 Å². The van der Waals surface area contributed by atoms with E-state index in [4.69, 9.17) is 5.73 Å². The molecule has 1 saturated heterocycles. The number of fused-ring (bicyclic) bond motifs is 2. The van der Waals surface area contributed by atoms with E-state index < -0.39 is 0 Å². The van der Waals surface area contributed by atoms with E-state index in [-0.39, 0.29) is 0 Å². The van der Waals surface area contributed by atoms with Gasteiger partial charge in [0.05, 0.1) is 0 Å². The molecule has 5 unspecified atom stereocenters. The highest BCUT2D eigenvalue weighted by atomic mass is 16.2. The quantitative estimate of drug-likeness (QED) is 0.752. The molecule has 96 valence electrons. The third kappa shape index (κ3) is 1.99. The van der Waals surface area contributed by atoms with Gasteiger partial charge in [-0.1, -0.05) is 13.3 Å². The van der Waals surface area contributed by atoms with Crippen molar-refractivity contribution in [1.29, 1.82) is 0 Å². The average Bonchev–Trinajstić information content (AvgIpc) is 2.93. The minimum absolute atomic E-state index is 0.291. The van der Waals surface area contributed by atoms with Crippen LogP contribution in [0.25, 0.3) is 0 Å². The molecule has 0 aromatic carbocycles. The van der Waals surface area contributed by atoms with Crippen LogP contribution in [0.4, 0.5) is 0 Å². The molecule has 0 aromatic rings. The summed E-state index contributed by atoms with van der Waals surface area (Å²) in [5.74, 6) is 2.83. The minimum Gasteiger partial charge on any atom is -0.342 e. The van der Waals surface area contributed by atoms with Crippen LogP contribution in [-0.4, -0.2) is 29.9 Å². The van der Waals surface area contributed by atoms with Crippen molar-refractivity contribution >= 4 is 5.91 Å². The molecule has 2 N–H and O–H groups in total. The van der Waals surface area contributed by atoms with Crippen LogP contribution in [0, 0.1) is 23.7 Å². The van der Waals surface area contributed by atoms with E-state index in [0.29, 0.717) is 29.7 Å². The lowest BCUT2D eigenvalue weighted by molar-refractivity contribution is -0.139. The first-order valence-corrected chi connectivity index (χ1v) is 7.19. The molecule has 2 bridgehead atoms. The molecule has 2 saturated carbocycles. The number of piperidine rings is 1. The fraction of sp³-hybridized carbons (Fsp3) is 0.929. The molecule has 1 amide bonds. The molecular weight excluding hydrogens is 212 g/mol. The van der Waals surface area contributed by atoms with E-state index in [1.54, 1.807) is 0 Å². The first-order valence-electron chi connectivity index (χ1n) is 7.19. The lowest BCUT2D eigenvalue weighted by Gasteiger charge is -2.37. The van der Waals surface area contributed by atoms with Crippen molar-refractivity contribution in [2.75, 3.05) is 13.1 Å². The van der Waals surface area contributed by atoms with Crippen molar-refractivity contribution in [2.45, 2.75) is 45.1 Å². The lowest BCUT2D eigenvalue weighted by Crippen LogP contribution is -2.50. The van der Waals surface area contributed by atoms with Gasteiger partial charge in [-0.2, -0.15) is 0 Å². The van der Waals surface area contributed by atoms with Gasteiger partial charge in [-0.3, -0.25) is 4.79 Å². The number of hydrogen-bond acceptors (Lipinski definition) is 2. The van der Waals surface area contributed by atoms with Gasteiger partial charge in [0.15, 0.2) is 0 Å². The first-order chi connectivity index (χ1) is 8.15. The van der Waals surface area contributed by atoms with Gasteiger partial charge in [-0.05, 0) is 43.4 Å². The van der Waals surface area contributed by atoms with E-state index in [2.05, 4.69) is 11.8 Å². The summed E-state index contributed by atoms with van der Waals surface area (Å²) in [6.07, 6.45) is 6.13. The summed E-state index contributed by atoms with van der Waals surface area (Å²) in [5.41, 5.74) is 6.02. The number of nitrogens with two attached hydrogens (primary N) is 1. The van der Waals surface area contributed by atoms with Crippen LogP contribution in [0.2, 0.25) is 0 Å². The smallest absolute Gasteiger partial charge is 0.225 e. The second kappa shape index (κ2) is 4.27. The third-order valence-electron chi connectivity index (χ3n) is 5.34. The molecule has 17 heavy (non-hydrogen) atoms. The molecular formula is C14H24N2O. The Labute approximate surface area is 104 Å². The highest BCUT2D eigenvalue weighted by Gasteiger charge is 2.44. The van der Waals surface area contributed by atoms with E-state index in [9.17, 15) is 4.79 Å². The maximum atomic E-state index is 12.5. The van der Waals surface area contributed by atoms with Crippen molar-refractivity contribution in [1.82, 2.24) is 4.90 Å². The number of carbonyl (C=O) groups is 1. The first kappa shape index (κ1) is 11.5. The predicted octanol–water partition coefficient (Wildman–Crippen LogP) is 1.62. The van der Waals surface area contributed by atoms with Crippen molar-refractivity contribution in [3.63, 3.8) is 0 Å². The van der Waals surface area contributed by atoms with Gasteiger partial charge in [0, 0.05) is 25.0 Å². The Morgan fingerprint density at radius 2 is 2.06 bits per heavy atom. The number of likely N-dealkylation sites (tertiary alicyclic amines) is 1. The van der Waals surface area contributed by atoms with Crippen molar-refractivity contribution < 1.29 is 4.79 Å². The summed E-state index contributed by atoms with van der Waals surface area (Å²) < 4.78 is 0. The van der Waals surface area contributed by atoms with Gasteiger partial charge in [0.2, 0.25) is 5.91 Å². The standard InChI is InChI=1S/C14H24N2O/c1-9-8-16(5-4-13(9)15)14(17)12-7-10-2-3-11(12)6-10/h9-13H,2-8,15H2,1H3. The molecule has 3 nitrogen and oxygen atoms in total. The Bertz CT molecular complexity index is 317. The SMILES string of the molecule is CC1CN(C(=O)C2CC3CCC2C3)CCC1N. The van der Waals surface area contributed by atoms with E-state index in [0.717, 1.165) is 25.4 Å². The topological polar surface area (TPSA) is 46.3 Å². The second-order valence-corrected chi connectivity index (χ2v) is 6.50. The van der Waals surface area contributed by atoms with Gasteiger partial charge in [-0.15, -0.1) is 0 Å². The third-order valence-corrected chi connectivity index (χ3v) is 5.34. The van der Waals surface area contributed by atoms with Crippen LogP contribution >= 0.6 is 0 Å². The van der Waals surface area contributed by atoms with Gasteiger partial charge < -0.3 is 10.6 Å². The van der Waals surface area contributed by atoms with Gasteiger partial charge >= 0.3 is 0 Å². The Kier molecular flexibility index (Phi) is 2.89. The fourth-order valence-electron chi connectivity index (χ4n) is 4.15. The summed E-state index contributed by atoms with van der Waals surface area (Å²) in [6, 6.07) is 0.291. The molecule has 1 heterocycles. The van der Waals surface area contributed by atoms with E-state index in [1.165, 1.54) is 25.7 Å². The molecule has 3 heteroatoms. The van der Waals surface area contributed by atoms with E-state index >= 15 is 0 Å². The molecule has 3 rings (SSSR count). The van der Waals surface area contributed by atoms with Crippen LogP contribution in [-0.2, 0) is 4.79 Å².